The summed E-state index contributed by atoms with van der Waals surface area (Å²) >= 11 is 0. The van der Waals surface area contributed by atoms with E-state index in [-0.39, 0.29) is 79.6 Å². The zero-order valence-corrected chi connectivity index (χ0v) is 53.7. The summed E-state index contributed by atoms with van der Waals surface area (Å²) in [6.45, 7) is 15.2. The highest BCUT2D eigenvalue weighted by molar-refractivity contribution is 5.79. The minimum Gasteiger partial charge on any atom is -0.462 e. The van der Waals surface area contributed by atoms with Crippen LogP contribution < -0.4 is 0 Å². The lowest BCUT2D eigenvalue weighted by Gasteiger charge is -2.61. The molecule has 0 N–H and O–H groups in total. The van der Waals surface area contributed by atoms with E-state index in [1.54, 1.807) is 0 Å². The lowest BCUT2D eigenvalue weighted by Crippen LogP contribution is -2.54. The van der Waals surface area contributed by atoms with E-state index < -0.39 is 6.10 Å². The molecule has 0 amide bonds. The van der Waals surface area contributed by atoms with Crippen LogP contribution in [0.4, 0.5) is 0 Å². The van der Waals surface area contributed by atoms with Crippen LogP contribution in [-0.4, -0.2) is 61.9 Å². The van der Waals surface area contributed by atoms with E-state index in [1.165, 1.54) is 167 Å². The van der Waals surface area contributed by atoms with Crippen LogP contribution in [0.3, 0.4) is 0 Å². The Hall–Kier alpha value is -2.49. The SMILES string of the molecule is CCCCCCCCCCCCCCCC(=O)OCC(COC(=O)CCCCCCCCCCCCCCC)OC(=O)CC(C)CCCCCCCC(C)C(=O)OCO[C@@H]1CC[C@@]2(C)[C@@H](CC[C@@H]3[C@@H]2CC[C@]2(C)[C@@H](C(C)=O)CC[C@@H]32)C1. The molecule has 0 spiro atoms. The molecule has 0 aromatic carbocycles. The number of carbonyl (C=O) groups is 5. The average molecular weight is 1140 g/mol. The van der Waals surface area contributed by atoms with Crippen molar-refractivity contribution in [3.63, 3.8) is 0 Å². The van der Waals surface area contributed by atoms with Crippen LogP contribution in [-0.2, 0) is 47.7 Å². The molecule has 0 aromatic rings. The molecule has 0 radical (unpaired) electrons. The molecule has 4 aliphatic carbocycles. The lowest BCUT2D eigenvalue weighted by atomic mass is 9.44. The number of Topliss-reactive ketones (excluding diaryl/α,β-unsaturated/α-hetero) is 1. The first-order valence-corrected chi connectivity index (χ1v) is 35.0. The first kappa shape index (κ1) is 71.0. The van der Waals surface area contributed by atoms with Gasteiger partial charge in [0.05, 0.1) is 12.0 Å². The first-order chi connectivity index (χ1) is 39.2. The largest absolute Gasteiger partial charge is 0.462 e. The van der Waals surface area contributed by atoms with Crippen LogP contribution in [0.5, 0.6) is 0 Å². The van der Waals surface area contributed by atoms with Crippen LogP contribution in [0.15, 0.2) is 0 Å². The Morgan fingerprint density at radius 1 is 0.481 bits per heavy atom. The minimum atomic E-state index is -0.826. The fourth-order valence-electron chi connectivity index (χ4n) is 15.8. The van der Waals surface area contributed by atoms with Gasteiger partial charge in [-0.05, 0) is 124 Å². The van der Waals surface area contributed by atoms with Crippen molar-refractivity contribution in [2.75, 3.05) is 20.0 Å². The fourth-order valence-corrected chi connectivity index (χ4v) is 15.8. The van der Waals surface area contributed by atoms with E-state index in [9.17, 15) is 24.0 Å². The number of hydrogen-bond acceptors (Lipinski definition) is 10. The lowest BCUT2D eigenvalue weighted by molar-refractivity contribution is -0.177. The van der Waals surface area contributed by atoms with Gasteiger partial charge < -0.3 is 23.7 Å². The highest BCUT2D eigenvalue weighted by Gasteiger charge is 2.61. The molecule has 0 heterocycles. The number of ether oxygens (including phenoxy) is 5. The molecule has 4 rings (SSSR count). The zero-order valence-electron chi connectivity index (χ0n) is 53.7. The Kier molecular flexibility index (Phi) is 36.4. The van der Waals surface area contributed by atoms with Gasteiger partial charge in [-0.1, -0.05) is 234 Å². The van der Waals surface area contributed by atoms with Gasteiger partial charge in [-0.3, -0.25) is 24.0 Å². The Bertz CT molecular complexity index is 1670. The Morgan fingerprint density at radius 3 is 1.44 bits per heavy atom. The molecule has 0 aliphatic heterocycles. The van der Waals surface area contributed by atoms with Crippen molar-refractivity contribution < 1.29 is 47.7 Å². The number of carbonyl (C=O) groups excluding carboxylic acids is 5. The van der Waals surface area contributed by atoms with Gasteiger partial charge in [0.25, 0.3) is 0 Å². The highest BCUT2D eigenvalue weighted by atomic mass is 16.7. The predicted octanol–water partition coefficient (Wildman–Crippen LogP) is 19.5. The van der Waals surface area contributed by atoms with Crippen LogP contribution in [0.1, 0.15) is 337 Å². The summed E-state index contributed by atoms with van der Waals surface area (Å²) in [7, 11) is 0. The number of esters is 4. The van der Waals surface area contributed by atoms with E-state index in [4.69, 9.17) is 23.7 Å². The van der Waals surface area contributed by atoms with E-state index in [0.29, 0.717) is 35.9 Å². The van der Waals surface area contributed by atoms with E-state index in [2.05, 4.69) is 34.6 Å². The molecular weight excluding hydrogens is 1010 g/mol. The second kappa shape index (κ2) is 41.5. The summed E-state index contributed by atoms with van der Waals surface area (Å²) in [5.41, 5.74) is 0.543. The molecule has 4 fully saturated rings. The number of unbranched alkanes of at least 4 members (excludes halogenated alkanes) is 28. The summed E-state index contributed by atoms with van der Waals surface area (Å²) in [5, 5.41) is 0. The van der Waals surface area contributed by atoms with E-state index in [0.717, 1.165) is 115 Å². The van der Waals surface area contributed by atoms with Crippen LogP contribution >= 0.6 is 0 Å². The maximum absolute atomic E-state index is 13.2. The number of hydrogen-bond donors (Lipinski definition) is 0. The van der Waals surface area contributed by atoms with Crippen molar-refractivity contribution in [3.05, 3.63) is 0 Å². The van der Waals surface area contributed by atoms with Crippen molar-refractivity contribution in [2.24, 2.45) is 52.3 Å². The highest BCUT2D eigenvalue weighted by Crippen LogP contribution is 2.67. The summed E-state index contributed by atoms with van der Waals surface area (Å²) in [4.78, 5) is 64.3. The summed E-state index contributed by atoms with van der Waals surface area (Å²) in [6.07, 6.45) is 49.9. The number of ketones is 1. The van der Waals surface area contributed by atoms with Gasteiger partial charge in [0.1, 0.15) is 19.0 Å². The van der Waals surface area contributed by atoms with Crippen molar-refractivity contribution in [1.29, 1.82) is 0 Å². The molecule has 10 atom stereocenters. The molecule has 81 heavy (non-hydrogen) atoms. The molecule has 2 unspecified atom stereocenters. The Morgan fingerprint density at radius 2 is 0.938 bits per heavy atom. The summed E-state index contributed by atoms with van der Waals surface area (Å²) < 4.78 is 29.0. The molecule has 470 valence electrons. The van der Waals surface area contributed by atoms with Crippen LogP contribution in [0.25, 0.3) is 0 Å². The summed E-state index contributed by atoms with van der Waals surface area (Å²) in [6, 6.07) is 0. The average Bonchev–Trinajstić information content (AvgIpc) is 3.96. The van der Waals surface area contributed by atoms with Crippen molar-refractivity contribution in [2.45, 2.75) is 350 Å². The Labute approximate surface area is 497 Å². The monoisotopic (exact) mass is 1140 g/mol. The molecule has 0 aromatic heterocycles. The normalized spacial score (nSPS) is 24.9. The van der Waals surface area contributed by atoms with Gasteiger partial charge in [0, 0.05) is 25.2 Å². The second-order valence-electron chi connectivity index (χ2n) is 27.6. The molecule has 10 heteroatoms. The van der Waals surface area contributed by atoms with Crippen molar-refractivity contribution >= 4 is 29.7 Å². The molecule has 4 aliphatic rings. The fraction of sp³-hybridized carbons (Fsp3) is 0.930. The molecule has 0 saturated heterocycles. The van der Waals surface area contributed by atoms with Gasteiger partial charge in [-0.2, -0.15) is 0 Å². The standard InChI is InChI=1S/C71H126O10/c1-8-10-12-14-16-18-20-22-24-26-28-33-37-41-66(73)77-53-61(54-78-67(74)42-38-34-29-27-25-23-21-19-17-15-13-11-9-2)81-68(75)51-56(3)39-35-31-30-32-36-40-57(4)69(76)80-55-79-60-47-49-70(6)59(52-60)43-44-62-64-46-45-63(58(5)72)71(64,7)50-48-65(62)70/h56-57,59-65H,8-55H2,1-7H3/t56?,57?,59-,60+,62-,63+,64-,65-,70-,71+/m0/s1. The van der Waals surface area contributed by atoms with Gasteiger partial charge in [0.15, 0.2) is 12.9 Å². The molecule has 10 nitrogen and oxygen atoms in total. The number of rotatable bonds is 48. The smallest absolute Gasteiger partial charge is 0.310 e. The third kappa shape index (κ3) is 27.2. The number of fused-ring (bicyclic) bond motifs is 5. The third-order valence-corrected chi connectivity index (χ3v) is 21.0. The van der Waals surface area contributed by atoms with Crippen LogP contribution in [0.2, 0.25) is 0 Å². The van der Waals surface area contributed by atoms with Gasteiger partial charge in [-0.25, -0.2) is 0 Å². The van der Waals surface area contributed by atoms with Gasteiger partial charge in [0.2, 0.25) is 0 Å². The Balaban J connectivity index is 1.05. The van der Waals surface area contributed by atoms with Crippen molar-refractivity contribution in [1.82, 2.24) is 0 Å². The summed E-state index contributed by atoms with van der Waals surface area (Å²) in [5.74, 6) is 2.36. The van der Waals surface area contributed by atoms with Crippen molar-refractivity contribution in [3.8, 4) is 0 Å². The van der Waals surface area contributed by atoms with E-state index >= 15 is 0 Å². The maximum atomic E-state index is 13.2. The van der Waals surface area contributed by atoms with Gasteiger partial charge >= 0.3 is 23.9 Å². The second-order valence-corrected chi connectivity index (χ2v) is 27.6. The first-order valence-electron chi connectivity index (χ1n) is 35.0. The molecular formula is C71H126O10. The molecule has 4 saturated carbocycles. The van der Waals surface area contributed by atoms with E-state index in [1.807, 2.05) is 13.8 Å². The van der Waals surface area contributed by atoms with Crippen LogP contribution in [0, 0.1) is 52.3 Å². The topological polar surface area (TPSA) is 132 Å². The zero-order chi connectivity index (χ0) is 58.6. The third-order valence-electron chi connectivity index (χ3n) is 21.0. The predicted molar refractivity (Wildman–Crippen MR) is 329 cm³/mol. The minimum absolute atomic E-state index is 0.0443. The van der Waals surface area contributed by atoms with Gasteiger partial charge in [-0.15, -0.1) is 0 Å². The maximum Gasteiger partial charge on any atom is 0.310 e. The quantitative estimate of drug-likeness (QED) is 0.0251. The molecule has 0 bridgehead atoms.